The molecule has 0 radical (unpaired) electrons. The maximum Gasteiger partial charge on any atom is 0.206 e. The monoisotopic (exact) mass is 488 g/mol. The van der Waals surface area contributed by atoms with E-state index in [1.165, 1.54) is 35.2 Å². The summed E-state index contributed by atoms with van der Waals surface area (Å²) < 4.78 is 19.6. The van der Waals surface area contributed by atoms with Gasteiger partial charge in [-0.2, -0.15) is 0 Å². The van der Waals surface area contributed by atoms with E-state index in [-0.39, 0.29) is 5.82 Å². The Hall–Kier alpha value is -2.18. The molecule has 1 N–H and O–H groups in total. The van der Waals surface area contributed by atoms with Crippen molar-refractivity contribution in [3.63, 3.8) is 0 Å². The molecule has 0 saturated carbocycles. The van der Waals surface area contributed by atoms with Crippen LogP contribution in [0.2, 0.25) is 0 Å². The van der Waals surface area contributed by atoms with E-state index in [1.54, 1.807) is 29.8 Å². The summed E-state index contributed by atoms with van der Waals surface area (Å²) in [6.45, 7) is 5.58. The van der Waals surface area contributed by atoms with Crippen molar-refractivity contribution in [1.82, 2.24) is 25.1 Å². The van der Waals surface area contributed by atoms with E-state index < -0.39 is 0 Å². The molecule has 1 aromatic carbocycles. The third-order valence-electron chi connectivity index (χ3n) is 5.11. The third kappa shape index (κ3) is 5.07. The fraction of sp³-hybridized carbons (Fsp3) is 0.333. The average molecular weight is 489 g/mol. The van der Waals surface area contributed by atoms with Crippen molar-refractivity contribution in [2.24, 2.45) is 0 Å². The van der Waals surface area contributed by atoms with Gasteiger partial charge in [0.1, 0.15) is 22.0 Å². The molecule has 1 saturated heterocycles. The van der Waals surface area contributed by atoms with E-state index >= 15 is 0 Å². The van der Waals surface area contributed by atoms with Gasteiger partial charge < -0.3 is 10.1 Å². The summed E-state index contributed by atoms with van der Waals surface area (Å²) in [4.78, 5) is 12.2. The molecule has 1 aliphatic rings. The van der Waals surface area contributed by atoms with Crippen molar-refractivity contribution >= 4 is 49.8 Å². The molecule has 7 nitrogen and oxygen atoms in total. The molecule has 0 spiro atoms. The number of halogens is 1. The Bertz CT molecular complexity index is 1180. The number of nitrogens with one attached hydrogen (secondary N) is 1. The van der Waals surface area contributed by atoms with Gasteiger partial charge >= 0.3 is 0 Å². The number of hydrogen-bond donors (Lipinski definition) is 1. The lowest BCUT2D eigenvalue weighted by Gasteiger charge is -2.26. The Balaban J connectivity index is 1.25. The fourth-order valence-corrected chi connectivity index (χ4v) is 6.27. The number of rotatable bonds is 8. The summed E-state index contributed by atoms with van der Waals surface area (Å²) in [7, 11) is 0. The minimum Gasteiger partial charge on any atom is -0.379 e. The molecule has 0 unspecified atom stereocenters. The normalized spacial score (nSPS) is 14.8. The zero-order valence-corrected chi connectivity index (χ0v) is 19.6. The molecular weight excluding hydrogens is 467 g/mol. The van der Waals surface area contributed by atoms with Crippen LogP contribution >= 0.6 is 34.4 Å². The highest BCUT2D eigenvalue weighted by Gasteiger charge is 2.16. The third-order valence-corrected chi connectivity index (χ3v) is 7.93. The SMILES string of the molecule is Fc1ccc(-c2csc3ncnc(Sc4nnc(NCCCN5CCOCC5)s4)c23)cc1. The Morgan fingerprint density at radius 1 is 1.12 bits per heavy atom. The van der Waals surface area contributed by atoms with E-state index in [2.05, 4.69) is 30.4 Å². The summed E-state index contributed by atoms with van der Waals surface area (Å²) >= 11 is 4.55. The molecule has 1 aliphatic heterocycles. The number of nitrogens with zero attached hydrogens (tertiary/aromatic N) is 5. The molecule has 166 valence electrons. The Labute approximate surface area is 197 Å². The van der Waals surface area contributed by atoms with Gasteiger partial charge in [-0.3, -0.25) is 4.90 Å². The minimum atomic E-state index is -0.252. The predicted octanol–water partition coefficient (Wildman–Crippen LogP) is 4.63. The van der Waals surface area contributed by atoms with Crippen LogP contribution in [-0.2, 0) is 4.74 Å². The highest BCUT2D eigenvalue weighted by Crippen LogP contribution is 2.41. The maximum absolute atomic E-state index is 13.4. The highest BCUT2D eigenvalue weighted by molar-refractivity contribution is 8.01. The molecule has 11 heteroatoms. The van der Waals surface area contributed by atoms with Crippen LogP contribution in [0.4, 0.5) is 9.52 Å². The largest absolute Gasteiger partial charge is 0.379 e. The predicted molar refractivity (Wildman–Crippen MR) is 127 cm³/mol. The number of aromatic nitrogens is 4. The number of ether oxygens (including phenoxy) is 1. The zero-order chi connectivity index (χ0) is 21.8. The zero-order valence-electron chi connectivity index (χ0n) is 17.2. The lowest BCUT2D eigenvalue weighted by Crippen LogP contribution is -2.37. The topological polar surface area (TPSA) is 76.1 Å². The molecule has 0 aliphatic carbocycles. The first kappa shape index (κ1) is 21.7. The standard InChI is InChI=1S/C21H21FN6OS3/c22-15-4-2-14(3-5-15)16-12-30-18-17(16)19(25-13-24-18)31-21-27-26-20(32-21)23-6-1-7-28-8-10-29-11-9-28/h2-5,12-13H,1,6-11H2,(H,23,26). The summed E-state index contributed by atoms with van der Waals surface area (Å²) in [5.41, 5.74) is 1.94. The van der Waals surface area contributed by atoms with E-state index in [1.807, 2.05) is 5.38 Å². The second-order valence-corrected chi connectivity index (χ2v) is 10.3. The van der Waals surface area contributed by atoms with Crippen molar-refractivity contribution in [3.05, 3.63) is 41.8 Å². The molecule has 5 rings (SSSR count). The van der Waals surface area contributed by atoms with E-state index in [0.717, 1.165) is 81.7 Å². The van der Waals surface area contributed by atoms with Crippen LogP contribution in [0.25, 0.3) is 21.3 Å². The number of benzene rings is 1. The van der Waals surface area contributed by atoms with Crippen molar-refractivity contribution in [1.29, 1.82) is 0 Å². The first-order chi connectivity index (χ1) is 15.8. The molecular formula is C21H21FN6OS3. The van der Waals surface area contributed by atoms with Crippen LogP contribution < -0.4 is 5.32 Å². The number of fused-ring (bicyclic) bond motifs is 1. The lowest BCUT2D eigenvalue weighted by molar-refractivity contribution is 0.0378. The smallest absolute Gasteiger partial charge is 0.206 e. The lowest BCUT2D eigenvalue weighted by atomic mass is 10.1. The molecule has 0 bridgehead atoms. The quantitative estimate of drug-likeness (QED) is 0.284. The van der Waals surface area contributed by atoms with E-state index in [9.17, 15) is 4.39 Å². The van der Waals surface area contributed by atoms with Gasteiger partial charge in [0, 0.05) is 30.6 Å². The van der Waals surface area contributed by atoms with Gasteiger partial charge in [0.05, 0.1) is 18.6 Å². The maximum atomic E-state index is 13.4. The Kier molecular flexibility index (Phi) is 6.89. The van der Waals surface area contributed by atoms with Crippen LogP contribution in [0.5, 0.6) is 0 Å². The van der Waals surface area contributed by atoms with Gasteiger partial charge in [-0.15, -0.1) is 21.5 Å². The van der Waals surface area contributed by atoms with Crippen LogP contribution in [0.1, 0.15) is 6.42 Å². The van der Waals surface area contributed by atoms with Gasteiger partial charge in [0.25, 0.3) is 0 Å². The number of thiophene rings is 1. The number of hydrogen-bond acceptors (Lipinski definition) is 10. The van der Waals surface area contributed by atoms with Gasteiger partial charge in [0.15, 0.2) is 4.34 Å². The van der Waals surface area contributed by atoms with Crippen LogP contribution in [0.3, 0.4) is 0 Å². The average Bonchev–Trinajstić information content (AvgIpc) is 3.46. The van der Waals surface area contributed by atoms with Gasteiger partial charge in [0.2, 0.25) is 5.13 Å². The van der Waals surface area contributed by atoms with Gasteiger partial charge in [-0.25, -0.2) is 14.4 Å². The highest BCUT2D eigenvalue weighted by atomic mass is 32.2. The Morgan fingerprint density at radius 3 is 2.81 bits per heavy atom. The van der Waals surface area contributed by atoms with Crippen LogP contribution in [0, 0.1) is 5.82 Å². The molecule has 3 aromatic heterocycles. The summed E-state index contributed by atoms with van der Waals surface area (Å²) in [6, 6.07) is 6.50. The summed E-state index contributed by atoms with van der Waals surface area (Å²) in [5, 5.41) is 16.6. The van der Waals surface area contributed by atoms with E-state index in [0.29, 0.717) is 0 Å². The molecule has 0 atom stereocenters. The van der Waals surface area contributed by atoms with Gasteiger partial charge in [-0.05, 0) is 42.4 Å². The first-order valence-corrected chi connectivity index (χ1v) is 12.8. The van der Waals surface area contributed by atoms with Crippen molar-refractivity contribution in [3.8, 4) is 11.1 Å². The Morgan fingerprint density at radius 2 is 1.97 bits per heavy atom. The molecule has 32 heavy (non-hydrogen) atoms. The fourth-order valence-electron chi connectivity index (χ4n) is 3.49. The summed E-state index contributed by atoms with van der Waals surface area (Å²) in [5.74, 6) is -0.252. The number of anilines is 1. The van der Waals surface area contributed by atoms with Crippen molar-refractivity contribution in [2.45, 2.75) is 15.8 Å². The summed E-state index contributed by atoms with van der Waals surface area (Å²) in [6.07, 6.45) is 2.62. The first-order valence-electron chi connectivity index (χ1n) is 10.3. The van der Waals surface area contributed by atoms with Crippen molar-refractivity contribution in [2.75, 3.05) is 44.7 Å². The molecule has 4 aromatic rings. The van der Waals surface area contributed by atoms with Crippen LogP contribution in [-0.4, -0.2) is 64.5 Å². The second kappa shape index (κ2) is 10.2. The molecule has 4 heterocycles. The molecule has 0 amide bonds. The van der Waals surface area contributed by atoms with Crippen molar-refractivity contribution < 1.29 is 9.13 Å². The minimum absolute atomic E-state index is 0.252. The van der Waals surface area contributed by atoms with Crippen LogP contribution in [0.15, 0.2) is 45.3 Å². The molecule has 1 fully saturated rings. The number of morpholine rings is 1. The van der Waals surface area contributed by atoms with E-state index in [4.69, 9.17) is 4.74 Å². The van der Waals surface area contributed by atoms with Gasteiger partial charge in [-0.1, -0.05) is 23.5 Å². The second-order valence-electron chi connectivity index (χ2n) is 7.22.